The van der Waals surface area contributed by atoms with Gasteiger partial charge in [0.15, 0.2) is 0 Å². The van der Waals surface area contributed by atoms with E-state index in [1.165, 1.54) is 28.7 Å². The number of allylic oxidation sites excluding steroid dienone is 1. The molecule has 2 aromatic carbocycles. The third-order valence-corrected chi connectivity index (χ3v) is 4.47. The fourth-order valence-electron chi connectivity index (χ4n) is 3.64. The Hall–Kier alpha value is -1.82. The molecule has 0 N–H and O–H groups in total. The maximum atomic E-state index is 4.25. The van der Waals surface area contributed by atoms with Crippen LogP contribution in [-0.2, 0) is 6.42 Å². The van der Waals surface area contributed by atoms with Crippen LogP contribution < -0.4 is 0 Å². The van der Waals surface area contributed by atoms with E-state index >= 15 is 0 Å². The van der Waals surface area contributed by atoms with Gasteiger partial charge in [0, 0.05) is 5.92 Å². The van der Waals surface area contributed by atoms with Crippen molar-refractivity contribution in [1.82, 2.24) is 0 Å². The summed E-state index contributed by atoms with van der Waals surface area (Å²) in [5.41, 5.74) is 8.87. The fourth-order valence-corrected chi connectivity index (χ4v) is 3.64. The Bertz CT molecular complexity index is 649. The summed E-state index contributed by atoms with van der Waals surface area (Å²) in [7, 11) is 0. The molecule has 0 spiro atoms. The van der Waals surface area contributed by atoms with Crippen LogP contribution in [0.4, 0.5) is 0 Å². The van der Waals surface area contributed by atoms with Gasteiger partial charge in [-0.25, -0.2) is 0 Å². The van der Waals surface area contributed by atoms with Crippen molar-refractivity contribution in [3.05, 3.63) is 76.9 Å². The zero-order valence-corrected chi connectivity index (χ0v) is 10.4. The number of benzene rings is 2. The Labute approximate surface area is 108 Å². The Morgan fingerprint density at radius 1 is 0.944 bits per heavy atom. The minimum atomic E-state index is 0.603. The zero-order valence-electron chi connectivity index (χ0n) is 10.4. The number of fused-ring (bicyclic) bond motifs is 2. The van der Waals surface area contributed by atoms with Crippen LogP contribution in [0.3, 0.4) is 0 Å². The van der Waals surface area contributed by atoms with E-state index in [4.69, 9.17) is 0 Å². The van der Waals surface area contributed by atoms with Crippen LogP contribution >= 0.6 is 0 Å². The molecule has 4 rings (SSSR count). The number of hydrogen-bond acceptors (Lipinski definition) is 0. The van der Waals surface area contributed by atoms with Gasteiger partial charge < -0.3 is 0 Å². The first kappa shape index (κ1) is 10.1. The number of rotatable bonds is 0. The maximum Gasteiger partial charge on any atom is 0.0104 e. The molecule has 0 heteroatoms. The highest BCUT2D eigenvalue weighted by Crippen LogP contribution is 2.47. The van der Waals surface area contributed by atoms with Crippen LogP contribution in [0.1, 0.15) is 46.6 Å². The van der Waals surface area contributed by atoms with Crippen molar-refractivity contribution < 1.29 is 0 Å². The average molecular weight is 232 g/mol. The Morgan fingerprint density at radius 3 is 2.72 bits per heavy atom. The van der Waals surface area contributed by atoms with Crippen LogP contribution in [0.5, 0.6) is 0 Å². The minimum Gasteiger partial charge on any atom is -0.0952 e. The third-order valence-electron chi connectivity index (χ3n) is 4.47. The highest BCUT2D eigenvalue weighted by Gasteiger charge is 2.30. The first-order valence-corrected chi connectivity index (χ1v) is 6.72. The van der Waals surface area contributed by atoms with Gasteiger partial charge in [0.25, 0.3) is 0 Å². The normalized spacial score (nSPS) is 20.2. The lowest BCUT2D eigenvalue weighted by atomic mass is 9.69. The van der Waals surface area contributed by atoms with E-state index in [1.807, 2.05) is 0 Å². The number of hydrogen-bond donors (Lipinski definition) is 0. The summed E-state index contributed by atoms with van der Waals surface area (Å²) in [5.74, 6) is 0.603. The molecule has 18 heavy (non-hydrogen) atoms. The van der Waals surface area contributed by atoms with Crippen molar-refractivity contribution in [2.75, 3.05) is 0 Å². The molecule has 0 heterocycles. The SMILES string of the molecule is C=C1CCC2c3ccccc3Cc3cccc1c32. The van der Waals surface area contributed by atoms with E-state index in [2.05, 4.69) is 49.0 Å². The van der Waals surface area contributed by atoms with Gasteiger partial charge in [-0.1, -0.05) is 49.0 Å². The van der Waals surface area contributed by atoms with Gasteiger partial charge in [-0.3, -0.25) is 0 Å². The highest BCUT2D eigenvalue weighted by atomic mass is 14.3. The molecular weight excluding hydrogens is 216 g/mol. The summed E-state index contributed by atoms with van der Waals surface area (Å²) >= 11 is 0. The van der Waals surface area contributed by atoms with E-state index in [9.17, 15) is 0 Å². The van der Waals surface area contributed by atoms with Gasteiger partial charge >= 0.3 is 0 Å². The molecule has 0 nitrogen and oxygen atoms in total. The highest BCUT2D eigenvalue weighted by molar-refractivity contribution is 5.72. The first-order valence-electron chi connectivity index (χ1n) is 6.72. The largest absolute Gasteiger partial charge is 0.0952 e. The Balaban J connectivity index is 2.01. The first-order chi connectivity index (χ1) is 8.84. The molecule has 0 aliphatic heterocycles. The van der Waals surface area contributed by atoms with Gasteiger partial charge in [-0.2, -0.15) is 0 Å². The molecule has 0 saturated carbocycles. The van der Waals surface area contributed by atoms with Crippen LogP contribution in [-0.4, -0.2) is 0 Å². The predicted molar refractivity (Wildman–Crippen MR) is 75.8 cm³/mol. The van der Waals surface area contributed by atoms with Gasteiger partial charge in [0.1, 0.15) is 0 Å². The third kappa shape index (κ3) is 1.26. The molecule has 0 bridgehead atoms. The van der Waals surface area contributed by atoms with E-state index in [1.54, 1.807) is 11.1 Å². The summed E-state index contributed by atoms with van der Waals surface area (Å²) in [5, 5.41) is 0. The van der Waals surface area contributed by atoms with Crippen molar-refractivity contribution in [1.29, 1.82) is 0 Å². The maximum absolute atomic E-state index is 4.25. The van der Waals surface area contributed by atoms with Crippen LogP contribution in [0.2, 0.25) is 0 Å². The van der Waals surface area contributed by atoms with Gasteiger partial charge in [0.2, 0.25) is 0 Å². The van der Waals surface area contributed by atoms with Gasteiger partial charge in [-0.15, -0.1) is 0 Å². The molecule has 0 radical (unpaired) electrons. The van der Waals surface area contributed by atoms with Crippen molar-refractivity contribution in [2.24, 2.45) is 0 Å². The zero-order chi connectivity index (χ0) is 12.1. The Kier molecular flexibility index (Phi) is 2.02. The van der Waals surface area contributed by atoms with E-state index < -0.39 is 0 Å². The van der Waals surface area contributed by atoms with Crippen molar-refractivity contribution in [2.45, 2.75) is 25.2 Å². The van der Waals surface area contributed by atoms with Crippen molar-refractivity contribution in [3.8, 4) is 0 Å². The minimum absolute atomic E-state index is 0.603. The quantitative estimate of drug-likeness (QED) is 0.626. The van der Waals surface area contributed by atoms with Crippen molar-refractivity contribution >= 4 is 5.57 Å². The molecule has 0 aromatic heterocycles. The summed E-state index contributed by atoms with van der Waals surface area (Å²) in [6.07, 6.45) is 3.44. The molecule has 0 saturated heterocycles. The van der Waals surface area contributed by atoms with Gasteiger partial charge in [-0.05, 0) is 52.7 Å². The molecule has 88 valence electrons. The van der Waals surface area contributed by atoms with E-state index in [0.717, 1.165) is 12.8 Å². The summed E-state index contributed by atoms with van der Waals surface area (Å²) < 4.78 is 0. The molecule has 1 unspecified atom stereocenters. The second-order valence-corrected chi connectivity index (χ2v) is 5.45. The monoisotopic (exact) mass is 232 g/mol. The molecule has 0 amide bonds. The fraction of sp³-hybridized carbons (Fsp3) is 0.222. The lowest BCUT2D eigenvalue weighted by Crippen LogP contribution is -2.19. The summed E-state index contributed by atoms with van der Waals surface area (Å²) in [6.45, 7) is 4.25. The standard InChI is InChI=1S/C18H16/c1-12-9-10-17-16-7-3-2-5-13(16)11-14-6-4-8-15(12)18(14)17/h2-8,17H,1,9-11H2. The van der Waals surface area contributed by atoms with Crippen LogP contribution in [0.15, 0.2) is 49.0 Å². The topological polar surface area (TPSA) is 0 Å². The molecule has 2 aromatic rings. The lowest BCUT2D eigenvalue weighted by Gasteiger charge is -2.34. The summed E-state index contributed by atoms with van der Waals surface area (Å²) in [6, 6.07) is 15.7. The molecule has 2 aliphatic carbocycles. The average Bonchev–Trinajstić information content (AvgIpc) is 2.42. The van der Waals surface area contributed by atoms with Crippen LogP contribution in [0.25, 0.3) is 5.57 Å². The lowest BCUT2D eigenvalue weighted by molar-refractivity contribution is 0.683. The second kappa shape index (κ2) is 3.58. The summed E-state index contributed by atoms with van der Waals surface area (Å²) in [4.78, 5) is 0. The predicted octanol–water partition coefficient (Wildman–Crippen LogP) is 4.53. The van der Waals surface area contributed by atoms with Crippen molar-refractivity contribution in [3.63, 3.8) is 0 Å². The molecular formula is C18H16. The second-order valence-electron chi connectivity index (χ2n) is 5.45. The van der Waals surface area contributed by atoms with E-state index in [0.29, 0.717) is 5.92 Å². The molecule has 0 fully saturated rings. The van der Waals surface area contributed by atoms with E-state index in [-0.39, 0.29) is 0 Å². The molecule has 2 aliphatic rings. The molecule has 1 atom stereocenters. The van der Waals surface area contributed by atoms with Crippen LogP contribution in [0, 0.1) is 0 Å². The smallest absolute Gasteiger partial charge is 0.0104 e. The Morgan fingerprint density at radius 2 is 1.78 bits per heavy atom. The van der Waals surface area contributed by atoms with Gasteiger partial charge in [0.05, 0.1) is 0 Å².